The van der Waals surface area contributed by atoms with Crippen LogP contribution in [0.4, 0.5) is 0 Å². The van der Waals surface area contributed by atoms with Crippen LogP contribution < -0.4 is 5.32 Å². The molecule has 6 heteroatoms. The first-order valence-corrected chi connectivity index (χ1v) is 11.1. The van der Waals surface area contributed by atoms with E-state index in [9.17, 15) is 0 Å². The Bertz CT molecular complexity index is 606. The molecule has 0 spiro atoms. The van der Waals surface area contributed by atoms with E-state index < -0.39 is 0 Å². The standard InChI is InChI=1S/C23H37N3O3/c1-3-27-17-20-9-7-19(8-10-20)16-25-23(24-2)26-13-11-21(12-14-26)29-18-22-6-4-5-15-28-22/h7-10,21-22H,3-6,11-18H2,1-2H3,(H,24,25). The summed E-state index contributed by atoms with van der Waals surface area (Å²) in [7, 11) is 1.86. The van der Waals surface area contributed by atoms with Gasteiger partial charge in [0, 0.05) is 39.9 Å². The first-order chi connectivity index (χ1) is 14.3. The molecule has 1 atom stereocenters. The summed E-state index contributed by atoms with van der Waals surface area (Å²) in [6.45, 7) is 7.81. The van der Waals surface area contributed by atoms with Gasteiger partial charge in [0.2, 0.25) is 0 Å². The number of nitrogens with one attached hydrogen (secondary N) is 1. The summed E-state index contributed by atoms with van der Waals surface area (Å²) in [6, 6.07) is 8.58. The number of likely N-dealkylation sites (tertiary alicyclic amines) is 1. The Hall–Kier alpha value is -1.63. The molecular formula is C23H37N3O3. The Morgan fingerprint density at radius 2 is 1.90 bits per heavy atom. The molecule has 29 heavy (non-hydrogen) atoms. The number of ether oxygens (including phenoxy) is 3. The minimum atomic E-state index is 0.302. The molecule has 3 rings (SSSR count). The lowest BCUT2D eigenvalue weighted by Crippen LogP contribution is -2.47. The lowest BCUT2D eigenvalue weighted by Gasteiger charge is -2.35. The lowest BCUT2D eigenvalue weighted by molar-refractivity contribution is -0.0721. The normalized spacial score (nSPS) is 21.4. The van der Waals surface area contributed by atoms with E-state index in [0.717, 1.165) is 64.7 Å². The molecule has 1 aromatic rings. The van der Waals surface area contributed by atoms with Crippen LogP contribution >= 0.6 is 0 Å². The summed E-state index contributed by atoms with van der Waals surface area (Å²) >= 11 is 0. The molecule has 2 saturated heterocycles. The van der Waals surface area contributed by atoms with Gasteiger partial charge >= 0.3 is 0 Å². The zero-order chi connectivity index (χ0) is 20.3. The van der Waals surface area contributed by atoms with E-state index in [2.05, 4.69) is 39.5 Å². The van der Waals surface area contributed by atoms with Gasteiger partial charge in [0.05, 0.1) is 25.4 Å². The molecule has 1 unspecified atom stereocenters. The van der Waals surface area contributed by atoms with Crippen LogP contribution in [0, 0.1) is 0 Å². The van der Waals surface area contributed by atoms with E-state index in [-0.39, 0.29) is 0 Å². The molecule has 2 aliphatic heterocycles. The third-order valence-corrected chi connectivity index (χ3v) is 5.69. The summed E-state index contributed by atoms with van der Waals surface area (Å²) in [5.74, 6) is 0.970. The molecule has 6 nitrogen and oxygen atoms in total. The second-order valence-corrected chi connectivity index (χ2v) is 7.86. The van der Waals surface area contributed by atoms with Crippen LogP contribution in [0.25, 0.3) is 0 Å². The van der Waals surface area contributed by atoms with Gasteiger partial charge in [0.25, 0.3) is 0 Å². The zero-order valence-electron chi connectivity index (χ0n) is 18.1. The van der Waals surface area contributed by atoms with Gasteiger partial charge in [-0.25, -0.2) is 0 Å². The summed E-state index contributed by atoms with van der Waals surface area (Å²) in [6.07, 6.45) is 6.33. The van der Waals surface area contributed by atoms with E-state index in [4.69, 9.17) is 14.2 Å². The fourth-order valence-corrected chi connectivity index (χ4v) is 3.90. The molecular weight excluding hydrogens is 366 g/mol. The minimum Gasteiger partial charge on any atom is -0.377 e. The highest BCUT2D eigenvalue weighted by atomic mass is 16.5. The van der Waals surface area contributed by atoms with Crippen LogP contribution in [-0.2, 0) is 27.4 Å². The Morgan fingerprint density at radius 3 is 2.55 bits per heavy atom. The SMILES string of the molecule is CCOCc1ccc(CNC(=NC)N2CCC(OCC3CCCCO3)CC2)cc1. The topological polar surface area (TPSA) is 55.3 Å². The van der Waals surface area contributed by atoms with Crippen LogP contribution in [0.1, 0.15) is 50.2 Å². The number of rotatable bonds is 8. The van der Waals surface area contributed by atoms with Crippen molar-refractivity contribution in [2.75, 3.05) is 40.0 Å². The molecule has 0 amide bonds. The minimum absolute atomic E-state index is 0.302. The second kappa shape index (κ2) is 12.2. The predicted molar refractivity (Wildman–Crippen MR) is 116 cm³/mol. The number of hydrogen-bond donors (Lipinski definition) is 1. The van der Waals surface area contributed by atoms with Crippen molar-refractivity contribution in [1.82, 2.24) is 10.2 Å². The zero-order valence-corrected chi connectivity index (χ0v) is 18.1. The van der Waals surface area contributed by atoms with Crippen molar-refractivity contribution in [3.05, 3.63) is 35.4 Å². The third kappa shape index (κ3) is 7.28. The van der Waals surface area contributed by atoms with Gasteiger partial charge in [-0.15, -0.1) is 0 Å². The second-order valence-electron chi connectivity index (χ2n) is 7.86. The van der Waals surface area contributed by atoms with Crippen LogP contribution in [-0.4, -0.2) is 63.0 Å². The van der Waals surface area contributed by atoms with Crippen molar-refractivity contribution in [1.29, 1.82) is 0 Å². The fraction of sp³-hybridized carbons (Fsp3) is 0.696. The summed E-state index contributed by atoms with van der Waals surface area (Å²) in [4.78, 5) is 6.81. The molecule has 0 aliphatic carbocycles. The van der Waals surface area contributed by atoms with Crippen LogP contribution in [0.15, 0.2) is 29.3 Å². The Balaban J connectivity index is 1.37. The van der Waals surface area contributed by atoms with Crippen molar-refractivity contribution in [2.24, 2.45) is 4.99 Å². The number of benzene rings is 1. The maximum absolute atomic E-state index is 6.13. The maximum atomic E-state index is 6.13. The van der Waals surface area contributed by atoms with Gasteiger partial charge in [-0.2, -0.15) is 0 Å². The van der Waals surface area contributed by atoms with Gasteiger partial charge in [0.1, 0.15) is 0 Å². The lowest BCUT2D eigenvalue weighted by atomic mass is 10.1. The van der Waals surface area contributed by atoms with Gasteiger partial charge in [0.15, 0.2) is 5.96 Å². The first kappa shape index (κ1) is 22.1. The maximum Gasteiger partial charge on any atom is 0.193 e. The molecule has 2 fully saturated rings. The van der Waals surface area contributed by atoms with Gasteiger partial charge in [-0.3, -0.25) is 4.99 Å². The molecule has 0 aromatic heterocycles. The Labute approximate surface area is 175 Å². The first-order valence-electron chi connectivity index (χ1n) is 11.1. The highest BCUT2D eigenvalue weighted by Gasteiger charge is 2.23. The smallest absolute Gasteiger partial charge is 0.193 e. The van der Waals surface area contributed by atoms with Gasteiger partial charge < -0.3 is 24.4 Å². The Kier molecular flexibility index (Phi) is 9.25. The van der Waals surface area contributed by atoms with Crippen molar-refractivity contribution in [3.63, 3.8) is 0 Å². The average molecular weight is 404 g/mol. The highest BCUT2D eigenvalue weighted by Crippen LogP contribution is 2.18. The summed E-state index contributed by atoms with van der Waals surface area (Å²) in [5, 5.41) is 3.50. The molecule has 0 radical (unpaired) electrons. The van der Waals surface area contributed by atoms with E-state index in [1.54, 1.807) is 0 Å². The van der Waals surface area contributed by atoms with Crippen LogP contribution in [0.5, 0.6) is 0 Å². The van der Waals surface area contributed by atoms with E-state index in [1.807, 2.05) is 14.0 Å². The number of hydrogen-bond acceptors (Lipinski definition) is 4. The quantitative estimate of drug-likeness (QED) is 0.533. The van der Waals surface area contributed by atoms with Gasteiger partial charge in [-0.05, 0) is 50.2 Å². The molecule has 162 valence electrons. The predicted octanol–water partition coefficient (Wildman–Crippen LogP) is 3.35. The number of nitrogens with zero attached hydrogens (tertiary/aromatic N) is 2. The fourth-order valence-electron chi connectivity index (χ4n) is 3.90. The van der Waals surface area contributed by atoms with Crippen molar-refractivity contribution < 1.29 is 14.2 Å². The van der Waals surface area contributed by atoms with E-state index >= 15 is 0 Å². The summed E-state index contributed by atoms with van der Waals surface area (Å²) < 4.78 is 17.4. The van der Waals surface area contributed by atoms with Crippen molar-refractivity contribution >= 4 is 5.96 Å². The summed E-state index contributed by atoms with van der Waals surface area (Å²) in [5.41, 5.74) is 2.46. The molecule has 2 aliphatic rings. The third-order valence-electron chi connectivity index (χ3n) is 5.69. The van der Waals surface area contributed by atoms with E-state index in [0.29, 0.717) is 18.8 Å². The monoisotopic (exact) mass is 403 g/mol. The molecule has 1 aromatic carbocycles. The molecule has 0 bridgehead atoms. The molecule has 1 N–H and O–H groups in total. The number of guanidine groups is 1. The van der Waals surface area contributed by atoms with E-state index in [1.165, 1.54) is 24.0 Å². The molecule has 0 saturated carbocycles. The van der Waals surface area contributed by atoms with Crippen molar-refractivity contribution in [3.8, 4) is 0 Å². The number of aliphatic imine (C=N–C) groups is 1. The highest BCUT2D eigenvalue weighted by molar-refractivity contribution is 5.79. The number of piperidine rings is 1. The average Bonchev–Trinajstić information content (AvgIpc) is 2.79. The molecule has 2 heterocycles. The van der Waals surface area contributed by atoms with Crippen LogP contribution in [0.3, 0.4) is 0 Å². The van der Waals surface area contributed by atoms with Gasteiger partial charge in [-0.1, -0.05) is 24.3 Å². The Morgan fingerprint density at radius 1 is 1.14 bits per heavy atom. The largest absolute Gasteiger partial charge is 0.377 e. The van der Waals surface area contributed by atoms with Crippen LogP contribution in [0.2, 0.25) is 0 Å². The van der Waals surface area contributed by atoms with Crippen molar-refractivity contribution in [2.45, 2.75) is 64.4 Å².